The summed E-state index contributed by atoms with van der Waals surface area (Å²) in [7, 11) is 0. The van der Waals surface area contributed by atoms with E-state index in [1.165, 1.54) is 4.57 Å². The average molecular weight is 212 g/mol. The summed E-state index contributed by atoms with van der Waals surface area (Å²) >= 11 is 0. The maximum absolute atomic E-state index is 11.8. The summed E-state index contributed by atoms with van der Waals surface area (Å²) in [6.07, 6.45) is -0.922. The van der Waals surface area contributed by atoms with Crippen molar-refractivity contribution >= 4 is 0 Å². The monoisotopic (exact) mass is 212 g/mol. The van der Waals surface area contributed by atoms with Crippen molar-refractivity contribution in [2.75, 3.05) is 6.61 Å². The van der Waals surface area contributed by atoms with Crippen LogP contribution < -0.4 is 11.3 Å². The van der Waals surface area contributed by atoms with Gasteiger partial charge in [-0.15, -0.1) is 0 Å². The van der Waals surface area contributed by atoms with E-state index in [1.807, 2.05) is 0 Å². The molecule has 0 aliphatic rings. The van der Waals surface area contributed by atoms with E-state index in [0.29, 0.717) is 5.56 Å². The van der Waals surface area contributed by atoms with Crippen LogP contribution in [0.25, 0.3) is 0 Å². The fourth-order valence-corrected chi connectivity index (χ4v) is 1.37. The van der Waals surface area contributed by atoms with Crippen LogP contribution in [-0.4, -0.2) is 27.5 Å². The molecule has 1 rings (SSSR count). The number of hydrogen-bond acceptors (Lipinski definition) is 4. The molecule has 1 heterocycles. The molecule has 0 amide bonds. The third-order valence-electron chi connectivity index (χ3n) is 2.30. The van der Waals surface area contributed by atoms with Crippen LogP contribution in [0, 0.1) is 6.92 Å². The highest BCUT2D eigenvalue weighted by molar-refractivity contribution is 5.15. The van der Waals surface area contributed by atoms with E-state index in [-0.39, 0.29) is 25.3 Å². The molecule has 0 aliphatic heterocycles. The van der Waals surface area contributed by atoms with E-state index in [1.54, 1.807) is 19.1 Å². The third-order valence-corrected chi connectivity index (χ3v) is 2.30. The van der Waals surface area contributed by atoms with E-state index in [0.717, 1.165) is 5.69 Å². The van der Waals surface area contributed by atoms with Crippen molar-refractivity contribution in [2.24, 2.45) is 5.73 Å². The lowest BCUT2D eigenvalue weighted by atomic mass is 10.2. The molecule has 1 aromatic heterocycles. The molecule has 0 aromatic carbocycles. The number of nitrogens with zero attached hydrogens (tertiary/aromatic N) is 1. The normalized spacial score (nSPS) is 12.8. The fourth-order valence-electron chi connectivity index (χ4n) is 1.37. The molecule has 1 unspecified atom stereocenters. The average Bonchev–Trinajstić information content (AvgIpc) is 2.24. The maximum atomic E-state index is 11.8. The lowest BCUT2D eigenvalue weighted by Gasteiger charge is -2.14. The van der Waals surface area contributed by atoms with Crippen molar-refractivity contribution in [3.8, 4) is 0 Å². The van der Waals surface area contributed by atoms with Crippen molar-refractivity contribution in [1.82, 2.24) is 4.57 Å². The topological polar surface area (TPSA) is 88.5 Å². The molecule has 0 saturated heterocycles. The summed E-state index contributed by atoms with van der Waals surface area (Å²) < 4.78 is 1.42. The Balaban J connectivity index is 3.10. The number of nitrogens with two attached hydrogens (primary N) is 1. The Morgan fingerprint density at radius 3 is 2.73 bits per heavy atom. The number of hydrogen-bond donors (Lipinski definition) is 3. The predicted molar refractivity (Wildman–Crippen MR) is 56.4 cm³/mol. The molecule has 15 heavy (non-hydrogen) atoms. The first-order valence-electron chi connectivity index (χ1n) is 4.78. The zero-order valence-corrected chi connectivity index (χ0v) is 8.68. The molecule has 0 bridgehead atoms. The summed E-state index contributed by atoms with van der Waals surface area (Å²) in [5, 5.41) is 18.0. The van der Waals surface area contributed by atoms with Crippen LogP contribution >= 0.6 is 0 Å². The Bertz CT molecular complexity index is 387. The SMILES string of the molecule is Cc1ccc(CN)c(=O)n1CC(O)CO. The number of aromatic nitrogens is 1. The first-order valence-corrected chi connectivity index (χ1v) is 4.78. The zero-order chi connectivity index (χ0) is 11.4. The lowest BCUT2D eigenvalue weighted by molar-refractivity contribution is 0.0798. The molecule has 0 saturated carbocycles. The van der Waals surface area contributed by atoms with Gasteiger partial charge in [0.2, 0.25) is 0 Å². The van der Waals surface area contributed by atoms with Crippen molar-refractivity contribution in [3.05, 3.63) is 33.7 Å². The van der Waals surface area contributed by atoms with Gasteiger partial charge < -0.3 is 20.5 Å². The highest BCUT2D eigenvalue weighted by Crippen LogP contribution is 1.99. The van der Waals surface area contributed by atoms with Gasteiger partial charge in [-0.3, -0.25) is 4.79 Å². The molecule has 0 fully saturated rings. The third kappa shape index (κ3) is 2.65. The first-order chi connectivity index (χ1) is 7.10. The van der Waals surface area contributed by atoms with Crippen LogP contribution in [0.15, 0.2) is 16.9 Å². The molecule has 1 atom stereocenters. The summed E-state index contributed by atoms with van der Waals surface area (Å²) in [5.74, 6) is 0. The molecule has 5 heteroatoms. The molecule has 84 valence electrons. The van der Waals surface area contributed by atoms with Gasteiger partial charge in [-0.25, -0.2) is 0 Å². The van der Waals surface area contributed by atoms with Crippen LogP contribution in [0.2, 0.25) is 0 Å². The van der Waals surface area contributed by atoms with E-state index in [4.69, 9.17) is 10.8 Å². The van der Waals surface area contributed by atoms with E-state index in [2.05, 4.69) is 0 Å². The largest absolute Gasteiger partial charge is 0.394 e. The van der Waals surface area contributed by atoms with Crippen molar-refractivity contribution in [2.45, 2.75) is 26.1 Å². The number of rotatable bonds is 4. The molecule has 0 radical (unpaired) electrons. The minimum atomic E-state index is -0.922. The van der Waals surface area contributed by atoms with Gasteiger partial charge in [0.05, 0.1) is 19.3 Å². The van der Waals surface area contributed by atoms with Gasteiger partial charge in [-0.1, -0.05) is 6.07 Å². The Morgan fingerprint density at radius 1 is 1.53 bits per heavy atom. The molecule has 4 N–H and O–H groups in total. The Labute approximate surface area is 87.8 Å². The minimum Gasteiger partial charge on any atom is -0.394 e. The van der Waals surface area contributed by atoms with Crippen LogP contribution in [-0.2, 0) is 13.1 Å². The van der Waals surface area contributed by atoms with Gasteiger partial charge in [0.15, 0.2) is 0 Å². The minimum absolute atomic E-state index is 0.0923. The zero-order valence-electron chi connectivity index (χ0n) is 8.68. The summed E-state index contributed by atoms with van der Waals surface area (Å²) in [4.78, 5) is 11.8. The summed E-state index contributed by atoms with van der Waals surface area (Å²) in [5.41, 5.74) is 6.45. The van der Waals surface area contributed by atoms with Gasteiger partial charge in [-0.2, -0.15) is 0 Å². The van der Waals surface area contributed by atoms with Gasteiger partial charge in [-0.05, 0) is 13.0 Å². The first kappa shape index (κ1) is 11.9. The Hall–Kier alpha value is -1.17. The molecule has 5 nitrogen and oxygen atoms in total. The number of aliphatic hydroxyl groups excluding tert-OH is 2. The highest BCUT2D eigenvalue weighted by Gasteiger charge is 2.09. The second-order valence-electron chi connectivity index (χ2n) is 3.46. The summed E-state index contributed by atoms with van der Waals surface area (Å²) in [6.45, 7) is 1.67. The quantitative estimate of drug-likeness (QED) is 0.595. The van der Waals surface area contributed by atoms with Gasteiger partial charge in [0.1, 0.15) is 0 Å². The van der Waals surface area contributed by atoms with Crippen LogP contribution in [0.4, 0.5) is 0 Å². The van der Waals surface area contributed by atoms with Gasteiger partial charge >= 0.3 is 0 Å². The van der Waals surface area contributed by atoms with E-state index in [9.17, 15) is 9.90 Å². The van der Waals surface area contributed by atoms with Crippen molar-refractivity contribution < 1.29 is 10.2 Å². The standard InChI is InChI=1S/C10H16N2O3/c1-7-2-3-8(4-11)10(15)12(7)5-9(14)6-13/h2-3,9,13-14H,4-6,11H2,1H3. The molecule has 0 spiro atoms. The highest BCUT2D eigenvalue weighted by atomic mass is 16.3. The molecule has 1 aromatic rings. The Morgan fingerprint density at radius 2 is 2.20 bits per heavy atom. The molecular weight excluding hydrogens is 196 g/mol. The van der Waals surface area contributed by atoms with Crippen LogP contribution in [0.5, 0.6) is 0 Å². The smallest absolute Gasteiger partial charge is 0.255 e. The lowest BCUT2D eigenvalue weighted by Crippen LogP contribution is -2.32. The van der Waals surface area contributed by atoms with Crippen molar-refractivity contribution in [1.29, 1.82) is 0 Å². The number of aliphatic hydroxyl groups is 2. The van der Waals surface area contributed by atoms with Crippen LogP contribution in [0.1, 0.15) is 11.3 Å². The molecule has 0 aliphatic carbocycles. The van der Waals surface area contributed by atoms with Crippen LogP contribution in [0.3, 0.4) is 0 Å². The van der Waals surface area contributed by atoms with E-state index >= 15 is 0 Å². The number of aryl methyl sites for hydroxylation is 1. The summed E-state index contributed by atoms with van der Waals surface area (Å²) in [6, 6.07) is 3.45. The number of pyridine rings is 1. The second kappa shape index (κ2) is 5.06. The fraction of sp³-hybridized carbons (Fsp3) is 0.500. The van der Waals surface area contributed by atoms with Gasteiger partial charge in [0.25, 0.3) is 5.56 Å². The van der Waals surface area contributed by atoms with Crippen molar-refractivity contribution in [3.63, 3.8) is 0 Å². The van der Waals surface area contributed by atoms with E-state index < -0.39 is 6.10 Å². The maximum Gasteiger partial charge on any atom is 0.255 e. The Kier molecular flexibility index (Phi) is 4.02. The molecular formula is C10H16N2O3. The predicted octanol–water partition coefficient (Wildman–Crippen LogP) is -1.03. The van der Waals surface area contributed by atoms with Gasteiger partial charge in [0, 0.05) is 17.8 Å². The second-order valence-corrected chi connectivity index (χ2v) is 3.46.